The van der Waals surface area contributed by atoms with E-state index in [0.29, 0.717) is 0 Å². The predicted octanol–water partition coefficient (Wildman–Crippen LogP) is 4.30. The van der Waals surface area contributed by atoms with Crippen molar-refractivity contribution in [2.75, 3.05) is 11.4 Å². The summed E-state index contributed by atoms with van der Waals surface area (Å²) in [7, 11) is 0. The molecule has 0 spiro atoms. The molecule has 0 saturated carbocycles. The van der Waals surface area contributed by atoms with Gasteiger partial charge in [0.25, 0.3) is 0 Å². The lowest BCUT2D eigenvalue weighted by molar-refractivity contribution is 0.112. The van der Waals surface area contributed by atoms with Crippen molar-refractivity contribution in [1.29, 1.82) is 0 Å². The van der Waals surface area contributed by atoms with Crippen molar-refractivity contribution < 1.29 is 4.79 Å². The molecule has 0 bridgehead atoms. The van der Waals surface area contributed by atoms with Gasteiger partial charge < -0.3 is 4.90 Å². The lowest BCUT2D eigenvalue weighted by atomic mass is 10.00. The Kier molecular flexibility index (Phi) is 4.06. The highest BCUT2D eigenvalue weighted by atomic mass is 32.1. The quantitative estimate of drug-likeness (QED) is 0.789. The molecule has 110 valence electrons. The second kappa shape index (κ2) is 5.98. The highest BCUT2D eigenvalue weighted by molar-refractivity contribution is 7.17. The van der Waals surface area contributed by atoms with E-state index in [0.717, 1.165) is 54.2 Å². The summed E-state index contributed by atoms with van der Waals surface area (Å²) in [5, 5.41) is 0.963. The van der Waals surface area contributed by atoms with Gasteiger partial charge in [0.15, 0.2) is 11.4 Å². The summed E-state index contributed by atoms with van der Waals surface area (Å²) in [6.07, 6.45) is 5.10. The van der Waals surface area contributed by atoms with Crippen molar-refractivity contribution in [2.45, 2.75) is 39.5 Å². The number of carbonyl (C=O) groups excluding carboxylic acids is 1. The maximum absolute atomic E-state index is 11.2. The van der Waals surface area contributed by atoms with Gasteiger partial charge in [-0.2, -0.15) is 0 Å². The zero-order valence-corrected chi connectivity index (χ0v) is 13.4. The van der Waals surface area contributed by atoms with E-state index in [1.807, 2.05) is 0 Å². The molecule has 3 rings (SSSR count). The lowest BCUT2D eigenvalue weighted by Crippen LogP contribution is -2.24. The lowest BCUT2D eigenvalue weighted by Gasteiger charge is -2.29. The van der Waals surface area contributed by atoms with Gasteiger partial charge in [-0.15, -0.1) is 0 Å². The topological polar surface area (TPSA) is 33.2 Å². The van der Waals surface area contributed by atoms with E-state index >= 15 is 0 Å². The van der Waals surface area contributed by atoms with Gasteiger partial charge in [0.05, 0.1) is 10.6 Å². The summed E-state index contributed by atoms with van der Waals surface area (Å²) in [5.74, 6) is 0. The average molecular weight is 300 g/mol. The van der Waals surface area contributed by atoms with Crippen molar-refractivity contribution >= 4 is 28.4 Å². The number of fused-ring (bicyclic) bond motifs is 1. The van der Waals surface area contributed by atoms with Crippen LogP contribution in [0, 0.1) is 6.92 Å². The Bertz CT molecular complexity index is 663. The number of anilines is 2. The number of aldehydes is 1. The number of hydrogen-bond donors (Lipinski definition) is 0. The molecule has 0 amide bonds. The molecular formula is C17H20N2OS. The summed E-state index contributed by atoms with van der Waals surface area (Å²) in [6.45, 7) is 5.23. The van der Waals surface area contributed by atoms with Crippen LogP contribution in [0.1, 0.15) is 46.3 Å². The Balaban J connectivity index is 2.00. The van der Waals surface area contributed by atoms with E-state index in [2.05, 4.69) is 36.9 Å². The van der Waals surface area contributed by atoms with Crippen LogP contribution in [0.3, 0.4) is 0 Å². The molecule has 3 nitrogen and oxygen atoms in total. The summed E-state index contributed by atoms with van der Waals surface area (Å²) >= 11 is 1.52. The number of carbonyl (C=O) groups is 1. The van der Waals surface area contributed by atoms with Crippen molar-refractivity contribution in [3.05, 3.63) is 39.9 Å². The second-order valence-electron chi connectivity index (χ2n) is 5.56. The first kappa shape index (κ1) is 14.3. The van der Waals surface area contributed by atoms with Crippen LogP contribution in [-0.2, 0) is 12.8 Å². The maximum Gasteiger partial charge on any atom is 0.190 e. The molecule has 1 aromatic carbocycles. The first-order chi connectivity index (χ1) is 10.2. The number of nitrogens with zero attached hydrogens (tertiary/aromatic N) is 2. The van der Waals surface area contributed by atoms with Gasteiger partial charge in [-0.05, 0) is 37.8 Å². The third-order valence-corrected chi connectivity index (χ3v) is 4.94. The summed E-state index contributed by atoms with van der Waals surface area (Å²) in [6, 6.07) is 6.60. The van der Waals surface area contributed by atoms with Crippen LogP contribution in [0.2, 0.25) is 0 Å². The molecule has 2 aromatic rings. The van der Waals surface area contributed by atoms with Crippen LogP contribution >= 0.6 is 11.3 Å². The van der Waals surface area contributed by atoms with E-state index in [9.17, 15) is 4.79 Å². The number of aryl methyl sites for hydroxylation is 3. The van der Waals surface area contributed by atoms with Gasteiger partial charge in [0.2, 0.25) is 0 Å². The highest BCUT2D eigenvalue weighted by Crippen LogP contribution is 2.37. The number of thiazole rings is 1. The molecule has 2 heterocycles. The normalized spacial score (nSPS) is 14.1. The van der Waals surface area contributed by atoms with Crippen molar-refractivity contribution in [2.24, 2.45) is 0 Å². The van der Waals surface area contributed by atoms with Gasteiger partial charge in [0.1, 0.15) is 0 Å². The van der Waals surface area contributed by atoms with Gasteiger partial charge in [-0.25, -0.2) is 4.98 Å². The van der Waals surface area contributed by atoms with Crippen LogP contribution in [-0.4, -0.2) is 17.8 Å². The minimum Gasteiger partial charge on any atom is -0.318 e. The molecule has 0 unspecified atom stereocenters. The smallest absolute Gasteiger partial charge is 0.190 e. The first-order valence-corrected chi connectivity index (χ1v) is 8.36. The van der Waals surface area contributed by atoms with Crippen LogP contribution in [0.15, 0.2) is 18.2 Å². The zero-order valence-electron chi connectivity index (χ0n) is 12.6. The Labute approximate surface area is 129 Å². The summed E-state index contributed by atoms with van der Waals surface area (Å²) in [5.41, 5.74) is 4.89. The molecule has 0 aliphatic carbocycles. The molecule has 21 heavy (non-hydrogen) atoms. The Morgan fingerprint density at radius 1 is 1.43 bits per heavy atom. The molecular weight excluding hydrogens is 280 g/mol. The van der Waals surface area contributed by atoms with E-state index < -0.39 is 0 Å². The SMILES string of the molecule is CCCc1nc(N2CCCc3cc(C)ccc32)sc1C=O. The molecule has 0 fully saturated rings. The third-order valence-electron chi connectivity index (χ3n) is 3.89. The first-order valence-electron chi connectivity index (χ1n) is 7.55. The van der Waals surface area contributed by atoms with Gasteiger partial charge in [-0.1, -0.05) is 42.4 Å². The molecule has 1 aromatic heterocycles. The number of hydrogen-bond acceptors (Lipinski definition) is 4. The minimum atomic E-state index is 0.783. The van der Waals surface area contributed by atoms with Crippen LogP contribution in [0.5, 0.6) is 0 Å². The van der Waals surface area contributed by atoms with E-state index in [1.165, 1.54) is 28.2 Å². The van der Waals surface area contributed by atoms with Gasteiger partial charge in [0, 0.05) is 12.2 Å². The summed E-state index contributed by atoms with van der Waals surface area (Å²) < 4.78 is 0. The fourth-order valence-electron chi connectivity index (χ4n) is 2.90. The standard InChI is InChI=1S/C17H20N2OS/c1-3-5-14-16(11-20)21-17(18-14)19-9-4-6-13-10-12(2)7-8-15(13)19/h7-8,10-11H,3-6,9H2,1-2H3. The maximum atomic E-state index is 11.2. The predicted molar refractivity (Wildman–Crippen MR) is 88.0 cm³/mol. The van der Waals surface area contributed by atoms with Crippen molar-refractivity contribution in [1.82, 2.24) is 4.98 Å². The van der Waals surface area contributed by atoms with Crippen molar-refractivity contribution in [3.63, 3.8) is 0 Å². The second-order valence-corrected chi connectivity index (χ2v) is 6.57. The Morgan fingerprint density at radius 2 is 2.29 bits per heavy atom. The Hall–Kier alpha value is -1.68. The summed E-state index contributed by atoms with van der Waals surface area (Å²) in [4.78, 5) is 19.0. The van der Waals surface area contributed by atoms with Crippen LogP contribution < -0.4 is 4.90 Å². The van der Waals surface area contributed by atoms with E-state index in [-0.39, 0.29) is 0 Å². The number of rotatable bonds is 4. The monoisotopic (exact) mass is 300 g/mol. The van der Waals surface area contributed by atoms with Crippen LogP contribution in [0.25, 0.3) is 0 Å². The highest BCUT2D eigenvalue weighted by Gasteiger charge is 2.22. The zero-order chi connectivity index (χ0) is 14.8. The molecule has 0 radical (unpaired) electrons. The fourth-order valence-corrected chi connectivity index (χ4v) is 3.86. The largest absolute Gasteiger partial charge is 0.318 e. The van der Waals surface area contributed by atoms with Gasteiger partial charge >= 0.3 is 0 Å². The van der Waals surface area contributed by atoms with Gasteiger partial charge in [-0.3, -0.25) is 4.79 Å². The number of benzene rings is 1. The molecule has 1 aliphatic heterocycles. The molecule has 1 aliphatic rings. The van der Waals surface area contributed by atoms with Crippen molar-refractivity contribution in [3.8, 4) is 0 Å². The van der Waals surface area contributed by atoms with Crippen LogP contribution in [0.4, 0.5) is 10.8 Å². The average Bonchev–Trinajstić information content (AvgIpc) is 2.89. The molecule has 0 atom stereocenters. The molecule has 4 heteroatoms. The minimum absolute atomic E-state index is 0.783. The molecule has 0 N–H and O–H groups in total. The van der Waals surface area contributed by atoms with E-state index in [4.69, 9.17) is 4.98 Å². The third kappa shape index (κ3) is 2.72. The fraction of sp³-hybridized carbons (Fsp3) is 0.412. The molecule has 0 saturated heterocycles. The van der Waals surface area contributed by atoms with E-state index in [1.54, 1.807) is 0 Å². The Morgan fingerprint density at radius 3 is 3.05 bits per heavy atom. The number of aromatic nitrogens is 1.